The number of aliphatic hydroxyl groups is 1. The van der Waals surface area contributed by atoms with E-state index in [1.165, 1.54) is 64.7 Å². The molecule has 1 atom stereocenters. The third-order valence-corrected chi connectivity index (χ3v) is 4.87. The number of unbranched alkanes of at least 4 members (excludes halogenated alkanes) is 11. The van der Waals surface area contributed by atoms with E-state index in [0.717, 1.165) is 19.3 Å². The van der Waals surface area contributed by atoms with Crippen molar-refractivity contribution < 1.29 is 44.7 Å². The van der Waals surface area contributed by atoms with E-state index in [9.17, 15) is 19.5 Å². The molecule has 0 radical (unpaired) electrons. The molecule has 0 unspecified atom stereocenters. The summed E-state index contributed by atoms with van der Waals surface area (Å²) in [6.07, 6.45) is 18.8. The third kappa shape index (κ3) is 33.7. The van der Waals surface area contributed by atoms with Crippen molar-refractivity contribution in [3.63, 3.8) is 0 Å². The van der Waals surface area contributed by atoms with Crippen molar-refractivity contribution in [2.75, 3.05) is 13.2 Å². The first-order chi connectivity index (χ1) is 19.4. The quantitative estimate of drug-likeness (QED) is 0.0910. The summed E-state index contributed by atoms with van der Waals surface area (Å²) in [7, 11) is 0. The van der Waals surface area contributed by atoms with Crippen LogP contribution >= 0.6 is 0 Å². The number of carbonyl (C=O) groups is 3. The average Bonchev–Trinajstić information content (AvgIpc) is 2.92. The molecule has 0 spiro atoms. The van der Waals surface area contributed by atoms with Crippen LogP contribution < -0.4 is 5.73 Å². The Bertz CT molecular complexity index is 1130. The summed E-state index contributed by atoms with van der Waals surface area (Å²) in [5.41, 5.74) is 4.47. The number of hydrogen-bond acceptors (Lipinski definition) is 6. The predicted octanol–water partition coefficient (Wildman–Crippen LogP) is 6.37. The second-order valence-corrected chi connectivity index (χ2v) is 8.54. The number of aliphatic hydroxyl groups excluding tert-OH is 1. The van der Waals surface area contributed by atoms with Gasteiger partial charge >= 0.3 is 11.9 Å². The SMILES string of the molecule is C#CC#CC#CC#CC#CC#CC(=O)OC[C@H](CO)OC(=O)CCCCCCCCCCCCCC.CC(N)=O.[HH].[HH].[HH].[HH].[HH].[HH].[HH].[HH].[HH].[HH].[HH]. The second kappa shape index (κ2) is 31.0. The van der Waals surface area contributed by atoms with Crippen LogP contribution in [0, 0.1) is 71.5 Å². The highest BCUT2D eigenvalue weighted by molar-refractivity contribution is 5.89. The number of nitrogens with two attached hydrogens (primary N) is 1. The van der Waals surface area contributed by atoms with Gasteiger partial charge in [0.25, 0.3) is 0 Å². The summed E-state index contributed by atoms with van der Waals surface area (Å²) in [6, 6.07) is 0. The minimum atomic E-state index is -0.923. The Hall–Kier alpha value is -4.27. The molecule has 0 rings (SSSR count). The number of ether oxygens (including phenoxy) is 2. The van der Waals surface area contributed by atoms with E-state index in [2.05, 4.69) is 77.8 Å². The zero-order valence-electron chi connectivity index (χ0n) is 23.8. The molecule has 0 bridgehead atoms. The minimum absolute atomic E-state index is 0. The van der Waals surface area contributed by atoms with E-state index in [1.54, 1.807) is 0 Å². The maximum absolute atomic E-state index is 12.0. The van der Waals surface area contributed by atoms with Crippen LogP contribution in [-0.4, -0.2) is 42.3 Å². The topological polar surface area (TPSA) is 116 Å². The molecule has 7 heteroatoms. The van der Waals surface area contributed by atoms with Crippen LogP contribution in [0.2, 0.25) is 0 Å². The number of carbonyl (C=O) groups excluding carboxylic acids is 3. The number of rotatable bonds is 17. The maximum Gasteiger partial charge on any atom is 0.385 e. The highest BCUT2D eigenvalue weighted by Crippen LogP contribution is 2.12. The molecule has 0 heterocycles. The summed E-state index contributed by atoms with van der Waals surface area (Å²) in [5.74, 6) is 24.1. The molecule has 0 aromatic rings. The highest BCUT2D eigenvalue weighted by Gasteiger charge is 2.15. The van der Waals surface area contributed by atoms with Crippen molar-refractivity contribution in [2.24, 2.45) is 5.73 Å². The fourth-order valence-corrected chi connectivity index (χ4v) is 3.02. The predicted molar refractivity (Wildman–Crippen MR) is 179 cm³/mol. The smallest absolute Gasteiger partial charge is 0.385 e. The Morgan fingerprint density at radius 3 is 1.65 bits per heavy atom. The molecule has 7 nitrogen and oxygen atoms in total. The molecule has 236 valence electrons. The summed E-state index contributed by atoms with van der Waals surface area (Å²) < 4.78 is 10.0. The summed E-state index contributed by atoms with van der Waals surface area (Å²) in [5, 5.41) is 9.35. The highest BCUT2D eigenvalue weighted by atomic mass is 16.6. The maximum atomic E-state index is 12.0. The lowest BCUT2D eigenvalue weighted by atomic mass is 10.0. The zero-order valence-corrected chi connectivity index (χ0v) is 23.8. The van der Waals surface area contributed by atoms with Crippen molar-refractivity contribution in [1.29, 1.82) is 0 Å². The lowest BCUT2D eigenvalue weighted by Gasteiger charge is -2.14. The van der Waals surface area contributed by atoms with Crippen molar-refractivity contribution in [3.05, 3.63) is 0 Å². The van der Waals surface area contributed by atoms with Crippen LogP contribution in [0.15, 0.2) is 0 Å². The Kier molecular flexibility index (Phi) is 29.3. The Balaban J connectivity index is -0.0000000828. The van der Waals surface area contributed by atoms with Gasteiger partial charge in [0.1, 0.15) is 6.61 Å². The molecule has 0 fully saturated rings. The number of hydrogen-bond donors (Lipinski definition) is 2. The second-order valence-electron chi connectivity index (χ2n) is 8.54. The molecular weight excluding hydrogens is 506 g/mol. The Morgan fingerprint density at radius 1 is 0.775 bits per heavy atom. The number of primary amides is 1. The third-order valence-electron chi connectivity index (χ3n) is 4.87. The van der Waals surface area contributed by atoms with E-state index in [1.807, 2.05) is 0 Å². The van der Waals surface area contributed by atoms with Gasteiger partial charge < -0.3 is 20.3 Å². The van der Waals surface area contributed by atoms with Gasteiger partial charge in [0.15, 0.2) is 6.10 Å². The first kappa shape index (κ1) is 37.9. The van der Waals surface area contributed by atoms with Gasteiger partial charge in [-0.2, -0.15) is 0 Å². The van der Waals surface area contributed by atoms with E-state index in [-0.39, 0.29) is 34.6 Å². The molecule has 3 N–H and O–H groups in total. The van der Waals surface area contributed by atoms with Crippen LogP contribution in [0.5, 0.6) is 0 Å². The molecule has 0 aliphatic carbocycles. The summed E-state index contributed by atoms with van der Waals surface area (Å²) in [6.45, 7) is 2.81. The van der Waals surface area contributed by atoms with Crippen molar-refractivity contribution >= 4 is 17.8 Å². The van der Waals surface area contributed by atoms with Crippen LogP contribution in [-0.2, 0) is 23.9 Å². The molecule has 0 aromatic heterocycles. The van der Waals surface area contributed by atoms with Gasteiger partial charge in [-0.05, 0) is 65.6 Å². The van der Waals surface area contributed by atoms with Crippen LogP contribution in [0.25, 0.3) is 0 Å². The molecule has 0 saturated heterocycles. The lowest BCUT2D eigenvalue weighted by Crippen LogP contribution is -2.28. The van der Waals surface area contributed by atoms with Gasteiger partial charge in [-0.25, -0.2) is 4.79 Å². The van der Waals surface area contributed by atoms with Gasteiger partial charge in [0, 0.05) is 35.0 Å². The first-order valence-corrected chi connectivity index (χ1v) is 13.6. The summed E-state index contributed by atoms with van der Waals surface area (Å²) >= 11 is 0. The van der Waals surface area contributed by atoms with E-state index < -0.39 is 24.6 Å². The minimum Gasteiger partial charge on any atom is -0.456 e. The first-order valence-electron chi connectivity index (χ1n) is 13.6. The standard InChI is InChI=1S/C31H36O5.C2H5NO.11H2/c1-3-5-7-9-11-13-15-16-18-20-22-24-26-31(34)36-29(27-32)28-35-30(33)25-23-21-19-17-14-12-10-8-6-4-2;1-2(3)4;;;;;;;;;;;/h2,29,32H,3,5,7,9,11,13,15-16,18,20,22,24,26-28H2,1H3;1H3,(H2,3,4);11*1H/t29-;;;;;;;;;;;;/m0............/s1. The van der Waals surface area contributed by atoms with Crippen molar-refractivity contribution in [3.8, 4) is 71.5 Å². The molecular formula is C33H63NO6. The number of esters is 2. The van der Waals surface area contributed by atoms with Crippen LogP contribution in [0.1, 0.15) is 113 Å². The molecule has 0 aromatic carbocycles. The Morgan fingerprint density at radius 2 is 1.20 bits per heavy atom. The van der Waals surface area contributed by atoms with Gasteiger partial charge in [-0.1, -0.05) is 77.6 Å². The fraction of sp³-hybridized carbons (Fsp3) is 0.545. The van der Waals surface area contributed by atoms with Gasteiger partial charge in [0.2, 0.25) is 5.91 Å². The van der Waals surface area contributed by atoms with E-state index in [0.29, 0.717) is 0 Å². The molecule has 40 heavy (non-hydrogen) atoms. The zero-order chi connectivity index (χ0) is 30.1. The largest absolute Gasteiger partial charge is 0.456 e. The average molecular weight is 570 g/mol. The Labute approximate surface area is 257 Å². The number of amides is 1. The van der Waals surface area contributed by atoms with Gasteiger partial charge in [-0.15, -0.1) is 6.42 Å². The van der Waals surface area contributed by atoms with Crippen LogP contribution in [0.3, 0.4) is 0 Å². The van der Waals surface area contributed by atoms with E-state index >= 15 is 0 Å². The van der Waals surface area contributed by atoms with Crippen LogP contribution in [0.4, 0.5) is 0 Å². The fourth-order valence-electron chi connectivity index (χ4n) is 3.02. The molecule has 0 aliphatic heterocycles. The summed E-state index contributed by atoms with van der Waals surface area (Å²) in [4.78, 5) is 32.8. The van der Waals surface area contributed by atoms with Gasteiger partial charge in [0.05, 0.1) is 6.61 Å². The monoisotopic (exact) mass is 569 g/mol. The molecule has 1 amide bonds. The molecule has 0 saturated carbocycles. The lowest BCUT2D eigenvalue weighted by molar-refractivity contribution is -0.159. The van der Waals surface area contributed by atoms with Crippen molar-refractivity contribution in [1.82, 2.24) is 0 Å². The molecule has 0 aliphatic rings. The van der Waals surface area contributed by atoms with Gasteiger partial charge in [-0.3, -0.25) is 9.59 Å². The number of terminal acetylenes is 1. The normalized spacial score (nSPS) is 9.15. The van der Waals surface area contributed by atoms with E-state index in [4.69, 9.17) is 15.9 Å². The van der Waals surface area contributed by atoms with Crippen molar-refractivity contribution in [2.45, 2.75) is 103 Å².